The van der Waals surface area contributed by atoms with Crippen LogP contribution in [0.15, 0.2) is 28.7 Å². The van der Waals surface area contributed by atoms with Gasteiger partial charge in [0, 0.05) is 6.92 Å². The Hall–Kier alpha value is -2.17. The number of aromatic nitrogens is 2. The summed E-state index contributed by atoms with van der Waals surface area (Å²) in [5, 5.41) is 10.0. The zero-order valence-electron chi connectivity index (χ0n) is 9.73. The van der Waals surface area contributed by atoms with Crippen LogP contribution in [0.2, 0.25) is 0 Å². The van der Waals surface area contributed by atoms with E-state index in [0.717, 1.165) is 5.56 Å². The summed E-state index contributed by atoms with van der Waals surface area (Å²) in [4.78, 5) is 10.8. The highest BCUT2D eigenvalue weighted by Gasteiger charge is 2.07. The zero-order chi connectivity index (χ0) is 12.3. The maximum Gasteiger partial charge on any atom is 0.322 e. The van der Waals surface area contributed by atoms with Crippen LogP contribution in [0, 0.1) is 6.92 Å². The van der Waals surface area contributed by atoms with Crippen LogP contribution in [0.5, 0.6) is 0 Å². The molecule has 0 spiro atoms. The van der Waals surface area contributed by atoms with Gasteiger partial charge in [-0.25, -0.2) is 0 Å². The summed E-state index contributed by atoms with van der Waals surface area (Å²) in [6.07, 6.45) is 0.562. The van der Waals surface area contributed by atoms with Crippen LogP contribution in [0.4, 0.5) is 6.01 Å². The van der Waals surface area contributed by atoms with E-state index in [4.69, 9.17) is 4.42 Å². The Morgan fingerprint density at radius 2 is 2.00 bits per heavy atom. The fourth-order valence-corrected chi connectivity index (χ4v) is 1.41. The fraction of sp³-hybridized carbons (Fsp3) is 0.250. The molecule has 17 heavy (non-hydrogen) atoms. The Morgan fingerprint density at radius 1 is 1.29 bits per heavy atom. The Labute approximate surface area is 98.9 Å². The molecule has 5 heteroatoms. The molecule has 0 aliphatic heterocycles. The van der Waals surface area contributed by atoms with Gasteiger partial charge in [0.05, 0.1) is 6.42 Å². The summed E-state index contributed by atoms with van der Waals surface area (Å²) in [6, 6.07) is 8.22. The molecule has 0 unspecified atom stereocenters. The predicted molar refractivity (Wildman–Crippen MR) is 62.6 cm³/mol. The molecular formula is C12H13N3O2. The van der Waals surface area contributed by atoms with Crippen LogP contribution in [0.25, 0.3) is 0 Å². The normalized spacial score (nSPS) is 10.2. The maximum absolute atomic E-state index is 10.8. The number of benzene rings is 1. The summed E-state index contributed by atoms with van der Waals surface area (Å²) >= 11 is 0. The summed E-state index contributed by atoms with van der Waals surface area (Å²) in [5.74, 6) is 0.258. The van der Waals surface area contributed by atoms with Crippen molar-refractivity contribution < 1.29 is 9.21 Å². The first-order chi connectivity index (χ1) is 8.13. The van der Waals surface area contributed by atoms with Gasteiger partial charge >= 0.3 is 6.01 Å². The van der Waals surface area contributed by atoms with Gasteiger partial charge in [-0.05, 0) is 12.5 Å². The van der Waals surface area contributed by atoms with Gasteiger partial charge in [0.15, 0.2) is 0 Å². The number of carbonyl (C=O) groups is 1. The molecule has 1 aromatic heterocycles. The van der Waals surface area contributed by atoms with E-state index in [-0.39, 0.29) is 11.9 Å². The van der Waals surface area contributed by atoms with Crippen molar-refractivity contribution in [2.75, 3.05) is 5.32 Å². The molecule has 1 heterocycles. The van der Waals surface area contributed by atoms with Crippen molar-refractivity contribution in [2.24, 2.45) is 0 Å². The van der Waals surface area contributed by atoms with Gasteiger partial charge in [-0.2, -0.15) is 0 Å². The van der Waals surface area contributed by atoms with Crippen molar-refractivity contribution in [3.63, 3.8) is 0 Å². The van der Waals surface area contributed by atoms with E-state index >= 15 is 0 Å². The summed E-state index contributed by atoms with van der Waals surface area (Å²) in [6.45, 7) is 3.43. The molecule has 2 aromatic rings. The number of aryl methyl sites for hydroxylation is 1. The lowest BCUT2D eigenvalue weighted by Gasteiger charge is -1.97. The Morgan fingerprint density at radius 3 is 2.65 bits per heavy atom. The molecule has 0 fully saturated rings. The minimum absolute atomic E-state index is 0.139. The van der Waals surface area contributed by atoms with Crippen molar-refractivity contribution in [2.45, 2.75) is 20.3 Å². The number of hydrogen-bond acceptors (Lipinski definition) is 4. The van der Waals surface area contributed by atoms with Gasteiger partial charge in [0.1, 0.15) is 0 Å². The number of anilines is 1. The van der Waals surface area contributed by atoms with Crippen LogP contribution in [-0.2, 0) is 11.2 Å². The molecular weight excluding hydrogens is 218 g/mol. The molecule has 0 aliphatic rings. The first-order valence-electron chi connectivity index (χ1n) is 5.29. The quantitative estimate of drug-likeness (QED) is 0.876. The van der Waals surface area contributed by atoms with Crippen LogP contribution in [-0.4, -0.2) is 16.1 Å². The number of carbonyl (C=O) groups excluding carboxylic acids is 1. The van der Waals surface area contributed by atoms with Crippen LogP contribution >= 0.6 is 0 Å². The number of nitrogens with zero attached hydrogens (tertiary/aromatic N) is 2. The highest BCUT2D eigenvalue weighted by Crippen LogP contribution is 2.11. The molecule has 0 radical (unpaired) electrons. The van der Waals surface area contributed by atoms with E-state index < -0.39 is 0 Å². The topological polar surface area (TPSA) is 68.0 Å². The lowest BCUT2D eigenvalue weighted by atomic mass is 10.1. The van der Waals surface area contributed by atoms with E-state index in [1.165, 1.54) is 12.5 Å². The molecule has 5 nitrogen and oxygen atoms in total. The van der Waals surface area contributed by atoms with Crippen molar-refractivity contribution in [1.82, 2.24) is 10.2 Å². The van der Waals surface area contributed by atoms with E-state index in [9.17, 15) is 4.79 Å². The molecule has 1 aromatic carbocycles. The molecule has 1 N–H and O–H groups in total. The summed E-state index contributed by atoms with van der Waals surface area (Å²) in [5.41, 5.74) is 2.30. The molecule has 0 atom stereocenters. The fourth-order valence-electron chi connectivity index (χ4n) is 1.41. The standard InChI is InChI=1S/C12H13N3O2/c1-8-3-5-10(6-4-8)7-11-14-15-12(17-11)13-9(2)16/h3-6H,7H2,1-2H3,(H,13,15,16). The van der Waals surface area contributed by atoms with E-state index in [2.05, 4.69) is 15.5 Å². The van der Waals surface area contributed by atoms with Crippen LogP contribution in [0.3, 0.4) is 0 Å². The number of rotatable bonds is 3. The molecule has 1 amide bonds. The third-order valence-corrected chi connectivity index (χ3v) is 2.23. The smallest absolute Gasteiger partial charge is 0.322 e. The molecule has 88 valence electrons. The second-order valence-corrected chi connectivity index (χ2v) is 3.84. The average molecular weight is 231 g/mol. The predicted octanol–water partition coefficient (Wildman–Crippen LogP) is 1.93. The van der Waals surface area contributed by atoms with Crippen LogP contribution < -0.4 is 5.32 Å². The highest BCUT2D eigenvalue weighted by molar-refractivity contribution is 5.86. The number of nitrogens with one attached hydrogen (secondary N) is 1. The van der Waals surface area contributed by atoms with Gasteiger partial charge in [-0.3, -0.25) is 10.1 Å². The number of hydrogen-bond donors (Lipinski definition) is 1. The highest BCUT2D eigenvalue weighted by atomic mass is 16.4. The molecule has 0 bridgehead atoms. The first-order valence-corrected chi connectivity index (χ1v) is 5.29. The molecule has 0 aliphatic carbocycles. The van der Waals surface area contributed by atoms with E-state index in [1.54, 1.807) is 0 Å². The van der Waals surface area contributed by atoms with Crippen molar-refractivity contribution >= 4 is 11.9 Å². The minimum Gasteiger partial charge on any atom is -0.407 e. The monoisotopic (exact) mass is 231 g/mol. The van der Waals surface area contributed by atoms with Gasteiger partial charge in [-0.15, -0.1) is 5.10 Å². The first kappa shape index (κ1) is 11.3. The van der Waals surface area contributed by atoms with E-state index in [0.29, 0.717) is 12.3 Å². The number of amides is 1. The lowest BCUT2D eigenvalue weighted by molar-refractivity contribution is -0.114. The Balaban J connectivity index is 2.06. The molecule has 0 saturated heterocycles. The molecule has 0 saturated carbocycles. The third kappa shape index (κ3) is 3.14. The summed E-state index contributed by atoms with van der Waals surface area (Å²) in [7, 11) is 0. The van der Waals surface area contributed by atoms with E-state index in [1.807, 2.05) is 31.2 Å². The van der Waals surface area contributed by atoms with Crippen molar-refractivity contribution in [3.8, 4) is 0 Å². The van der Waals surface area contributed by atoms with Gasteiger partial charge in [-0.1, -0.05) is 34.9 Å². The summed E-state index contributed by atoms with van der Waals surface area (Å²) < 4.78 is 5.27. The lowest BCUT2D eigenvalue weighted by Crippen LogP contribution is -2.05. The minimum atomic E-state index is -0.226. The SMILES string of the molecule is CC(=O)Nc1nnc(Cc2ccc(C)cc2)o1. The van der Waals surface area contributed by atoms with Crippen molar-refractivity contribution in [1.29, 1.82) is 0 Å². The zero-order valence-corrected chi connectivity index (χ0v) is 9.73. The maximum atomic E-state index is 10.8. The molecule has 2 rings (SSSR count). The Kier molecular flexibility index (Phi) is 3.18. The van der Waals surface area contributed by atoms with Crippen molar-refractivity contribution in [3.05, 3.63) is 41.3 Å². The average Bonchev–Trinajstić information content (AvgIpc) is 2.68. The van der Waals surface area contributed by atoms with Crippen LogP contribution in [0.1, 0.15) is 23.9 Å². The van der Waals surface area contributed by atoms with Gasteiger partial charge < -0.3 is 4.42 Å². The largest absolute Gasteiger partial charge is 0.407 e. The Bertz CT molecular complexity index is 517. The second kappa shape index (κ2) is 4.78. The van der Waals surface area contributed by atoms with Gasteiger partial charge in [0.2, 0.25) is 11.8 Å². The van der Waals surface area contributed by atoms with Gasteiger partial charge in [0.25, 0.3) is 0 Å². The second-order valence-electron chi connectivity index (χ2n) is 3.84. The third-order valence-electron chi connectivity index (χ3n) is 2.23.